The minimum Gasteiger partial charge on any atom is -0.396 e. The van der Waals surface area contributed by atoms with Crippen LogP contribution in [0.2, 0.25) is 0 Å². The number of aromatic nitrogens is 2. The van der Waals surface area contributed by atoms with Gasteiger partial charge in [-0.25, -0.2) is 18.7 Å². The van der Waals surface area contributed by atoms with Crippen molar-refractivity contribution in [2.75, 3.05) is 11.9 Å². The number of nitrogens with zero attached hydrogens (tertiary/aromatic N) is 2. The number of halogens is 2. The molecular weight excluding hydrogens is 438 g/mol. The van der Waals surface area contributed by atoms with E-state index in [9.17, 15) is 23.8 Å². The smallest absolute Gasteiger partial charge is 0.270 e. The average molecular weight is 463 g/mol. The molecule has 0 fully saturated rings. The van der Waals surface area contributed by atoms with Gasteiger partial charge in [0.2, 0.25) is 0 Å². The van der Waals surface area contributed by atoms with Crippen molar-refractivity contribution >= 4 is 28.1 Å². The molecule has 0 saturated carbocycles. The molecule has 1 atom stereocenters. The molecule has 0 aliphatic rings. The van der Waals surface area contributed by atoms with Gasteiger partial charge in [-0.3, -0.25) is 4.79 Å². The van der Waals surface area contributed by atoms with Crippen molar-refractivity contribution in [2.24, 2.45) is 5.73 Å². The highest BCUT2D eigenvalue weighted by Crippen LogP contribution is 2.38. The van der Waals surface area contributed by atoms with Crippen LogP contribution in [-0.2, 0) is 5.60 Å². The predicted molar refractivity (Wildman–Crippen MR) is 119 cm³/mol. The number of primary amides is 1. The third kappa shape index (κ3) is 4.77. The van der Waals surface area contributed by atoms with E-state index in [1.54, 1.807) is 19.1 Å². The Bertz CT molecular complexity index is 1150. The molecule has 32 heavy (non-hydrogen) atoms. The Morgan fingerprint density at radius 2 is 1.88 bits per heavy atom. The summed E-state index contributed by atoms with van der Waals surface area (Å²) in [4.78, 5) is 20.4. The van der Waals surface area contributed by atoms with Crippen LogP contribution in [0.4, 0.5) is 19.6 Å². The molecule has 1 amide bonds. The number of aryl methyl sites for hydroxylation is 1. The number of pyridine rings is 1. The summed E-state index contributed by atoms with van der Waals surface area (Å²) in [6.45, 7) is 6.46. The van der Waals surface area contributed by atoms with E-state index in [-0.39, 0.29) is 33.8 Å². The van der Waals surface area contributed by atoms with Gasteiger partial charge in [0, 0.05) is 18.2 Å². The molecule has 0 aliphatic heterocycles. The Morgan fingerprint density at radius 1 is 1.25 bits per heavy atom. The Morgan fingerprint density at radius 3 is 2.38 bits per heavy atom. The predicted octanol–water partition coefficient (Wildman–Crippen LogP) is 3.96. The number of hydrogen-bond acceptors (Lipinski definition) is 7. The van der Waals surface area contributed by atoms with Crippen LogP contribution in [0.5, 0.6) is 0 Å². The fourth-order valence-electron chi connectivity index (χ4n) is 3.19. The van der Waals surface area contributed by atoms with E-state index >= 15 is 0 Å². The first-order valence-electron chi connectivity index (χ1n) is 9.80. The van der Waals surface area contributed by atoms with Crippen LogP contribution in [0.15, 0.2) is 24.3 Å². The number of nitrogens with one attached hydrogen (secondary N) is 1. The second-order valence-electron chi connectivity index (χ2n) is 8.01. The highest BCUT2D eigenvalue weighted by Gasteiger charge is 2.25. The largest absolute Gasteiger partial charge is 0.396 e. The number of thiazole rings is 1. The third-order valence-electron chi connectivity index (χ3n) is 5.00. The molecular formula is C22H24F2N4O3S. The van der Waals surface area contributed by atoms with Crippen molar-refractivity contribution in [3.8, 4) is 10.6 Å². The van der Waals surface area contributed by atoms with Crippen molar-refractivity contribution in [3.05, 3.63) is 58.4 Å². The molecule has 0 bridgehead atoms. The van der Waals surface area contributed by atoms with Crippen LogP contribution in [0.3, 0.4) is 0 Å². The molecule has 10 heteroatoms. The van der Waals surface area contributed by atoms with E-state index in [4.69, 9.17) is 5.73 Å². The van der Waals surface area contributed by atoms with Gasteiger partial charge in [-0.05, 0) is 50.1 Å². The van der Waals surface area contributed by atoms with Gasteiger partial charge < -0.3 is 21.3 Å². The summed E-state index contributed by atoms with van der Waals surface area (Å²) in [7, 11) is 0. The second kappa shape index (κ2) is 8.89. The van der Waals surface area contributed by atoms with E-state index in [0.717, 1.165) is 29.0 Å². The van der Waals surface area contributed by atoms with Gasteiger partial charge in [0.15, 0.2) is 5.69 Å². The summed E-state index contributed by atoms with van der Waals surface area (Å²) in [5.41, 5.74) is 5.01. The lowest BCUT2D eigenvalue weighted by atomic mass is 9.96. The highest BCUT2D eigenvalue weighted by atomic mass is 32.1. The van der Waals surface area contributed by atoms with Crippen LogP contribution in [-0.4, -0.2) is 32.7 Å². The average Bonchev–Trinajstić information content (AvgIpc) is 3.09. The minimum absolute atomic E-state index is 0.0251. The molecule has 1 aromatic carbocycles. The number of aliphatic hydroxyl groups is 2. The van der Waals surface area contributed by atoms with Crippen LogP contribution in [0, 0.1) is 18.6 Å². The monoisotopic (exact) mass is 462 g/mol. The summed E-state index contributed by atoms with van der Waals surface area (Å²) in [6, 6.07) is 5.52. The van der Waals surface area contributed by atoms with E-state index in [0.29, 0.717) is 11.5 Å². The quantitative estimate of drug-likeness (QED) is 0.422. The molecule has 3 rings (SSSR count). The lowest BCUT2D eigenvalue weighted by molar-refractivity contribution is 0.0778. The number of anilines is 2. The second-order valence-corrected chi connectivity index (χ2v) is 9.01. The number of nitrogens with two attached hydrogens (primary N) is 1. The minimum atomic E-state index is -1.43. The topological polar surface area (TPSA) is 121 Å². The summed E-state index contributed by atoms with van der Waals surface area (Å²) < 4.78 is 29.5. The van der Waals surface area contributed by atoms with Crippen LogP contribution >= 0.6 is 11.3 Å². The zero-order valence-corrected chi connectivity index (χ0v) is 18.8. The van der Waals surface area contributed by atoms with Gasteiger partial charge in [0.25, 0.3) is 5.91 Å². The van der Waals surface area contributed by atoms with E-state index < -0.39 is 28.7 Å². The maximum absolute atomic E-state index is 14.7. The SMILES string of the molecule is Cc1nc(Nc2sc(-c3c(F)cc(C(C)(C)O)cc3F)nc2C(N)=O)ccc1C(C)CO. The molecule has 0 saturated heterocycles. The summed E-state index contributed by atoms with van der Waals surface area (Å²) in [5.74, 6) is -2.42. The van der Waals surface area contributed by atoms with E-state index in [1.807, 2.05) is 6.92 Å². The maximum Gasteiger partial charge on any atom is 0.270 e. The summed E-state index contributed by atoms with van der Waals surface area (Å²) in [5, 5.41) is 22.4. The molecule has 1 unspecified atom stereocenters. The van der Waals surface area contributed by atoms with Crippen molar-refractivity contribution in [3.63, 3.8) is 0 Å². The zero-order chi connectivity index (χ0) is 23.8. The molecule has 0 spiro atoms. The van der Waals surface area contributed by atoms with Crippen molar-refractivity contribution < 1.29 is 23.8 Å². The van der Waals surface area contributed by atoms with E-state index in [2.05, 4.69) is 15.3 Å². The number of hydrogen-bond donors (Lipinski definition) is 4. The summed E-state index contributed by atoms with van der Waals surface area (Å²) in [6.07, 6.45) is 0. The van der Waals surface area contributed by atoms with Gasteiger partial charge in [-0.2, -0.15) is 0 Å². The zero-order valence-electron chi connectivity index (χ0n) is 18.0. The number of carbonyl (C=O) groups is 1. The fraction of sp³-hybridized carbons (Fsp3) is 0.318. The molecule has 2 aromatic heterocycles. The molecule has 170 valence electrons. The van der Waals surface area contributed by atoms with Gasteiger partial charge >= 0.3 is 0 Å². The normalized spacial score (nSPS) is 12.6. The molecule has 5 N–H and O–H groups in total. The Labute approximate surface area is 188 Å². The third-order valence-corrected chi connectivity index (χ3v) is 5.98. The van der Waals surface area contributed by atoms with Crippen molar-refractivity contribution in [2.45, 2.75) is 39.2 Å². The molecule has 0 aliphatic carbocycles. The fourth-order valence-corrected chi connectivity index (χ4v) is 4.21. The number of rotatable bonds is 7. The lowest BCUT2D eigenvalue weighted by Gasteiger charge is -2.18. The van der Waals surface area contributed by atoms with Crippen molar-refractivity contribution in [1.29, 1.82) is 0 Å². The van der Waals surface area contributed by atoms with Gasteiger partial charge in [-0.1, -0.05) is 24.3 Å². The first kappa shape index (κ1) is 23.7. The Hall–Kier alpha value is -2.95. The number of amides is 1. The van der Waals surface area contributed by atoms with Gasteiger partial charge in [-0.15, -0.1) is 0 Å². The number of aliphatic hydroxyl groups excluding tert-OH is 1. The van der Waals surface area contributed by atoms with Crippen LogP contribution in [0.1, 0.15) is 54.0 Å². The standard InChI is InChI=1S/C22H24F2N4O3S/c1-10(9-29)13-5-6-16(26-11(13)2)27-21-18(19(25)30)28-20(32-21)17-14(23)7-12(8-15(17)24)22(3,4)31/h5-8,10,29,31H,9H2,1-4H3,(H2,25,30)(H,26,27). The Balaban J connectivity index is 2.02. The molecule has 0 radical (unpaired) electrons. The lowest BCUT2D eigenvalue weighted by Crippen LogP contribution is -2.16. The van der Waals surface area contributed by atoms with Crippen LogP contribution < -0.4 is 11.1 Å². The van der Waals surface area contributed by atoms with E-state index in [1.165, 1.54) is 13.8 Å². The summed E-state index contributed by atoms with van der Waals surface area (Å²) >= 11 is 0.853. The Kier molecular flexibility index (Phi) is 6.59. The molecule has 2 heterocycles. The first-order chi connectivity index (χ1) is 14.9. The molecule has 3 aromatic rings. The highest BCUT2D eigenvalue weighted by molar-refractivity contribution is 7.19. The maximum atomic E-state index is 14.7. The van der Waals surface area contributed by atoms with Gasteiger partial charge in [0.05, 0.1) is 11.2 Å². The number of carbonyl (C=O) groups excluding carboxylic acids is 1. The van der Waals surface area contributed by atoms with Gasteiger partial charge in [0.1, 0.15) is 27.5 Å². The first-order valence-corrected chi connectivity index (χ1v) is 10.6. The number of benzene rings is 1. The molecule has 7 nitrogen and oxygen atoms in total. The van der Waals surface area contributed by atoms with Crippen molar-refractivity contribution in [1.82, 2.24) is 9.97 Å². The van der Waals surface area contributed by atoms with Crippen LogP contribution in [0.25, 0.3) is 10.6 Å².